The van der Waals surface area contributed by atoms with Gasteiger partial charge in [0.25, 0.3) is 0 Å². The molecule has 168 valence electrons. The first kappa shape index (κ1) is 23.5. The van der Waals surface area contributed by atoms with Crippen LogP contribution < -0.4 is 11.1 Å². The van der Waals surface area contributed by atoms with Crippen LogP contribution in [0.15, 0.2) is 52.9 Å². The largest absolute Gasteiger partial charge is 0.383 e. The van der Waals surface area contributed by atoms with Gasteiger partial charge < -0.3 is 11.1 Å². The summed E-state index contributed by atoms with van der Waals surface area (Å²) in [6, 6.07) is 16.5. The summed E-state index contributed by atoms with van der Waals surface area (Å²) in [5.74, 6) is -0.0807. The predicted molar refractivity (Wildman–Crippen MR) is 135 cm³/mol. The Morgan fingerprint density at radius 3 is 2.56 bits per heavy atom. The average Bonchev–Trinajstić information content (AvgIpc) is 3.28. The van der Waals surface area contributed by atoms with Crippen LogP contribution in [0.2, 0.25) is 5.02 Å². The monoisotopic (exact) mass is 506 g/mol. The van der Waals surface area contributed by atoms with Crippen LogP contribution in [0.25, 0.3) is 11.1 Å². The summed E-state index contributed by atoms with van der Waals surface area (Å²) in [6.45, 7) is 1.96. The number of nitrogen functional groups attached to an aromatic ring is 1. The van der Waals surface area contributed by atoms with Gasteiger partial charge in [-0.2, -0.15) is 10.5 Å². The molecule has 0 fully saturated rings. The normalized spacial score (nSPS) is 10.5. The molecular weight excluding hydrogens is 491 g/mol. The SMILES string of the molecule is Cc1ccc(-c2c(C#N)c(N)nc(SCc3csc(Nc4cccc(Cl)c4F)n3)c2C#N)cc1. The van der Waals surface area contributed by atoms with E-state index in [-0.39, 0.29) is 27.7 Å². The zero-order chi connectivity index (χ0) is 24.2. The number of hydrogen-bond acceptors (Lipinski definition) is 8. The molecule has 34 heavy (non-hydrogen) atoms. The Morgan fingerprint density at radius 2 is 1.85 bits per heavy atom. The molecule has 0 aliphatic rings. The lowest BCUT2D eigenvalue weighted by atomic mass is 9.96. The van der Waals surface area contributed by atoms with Crippen molar-refractivity contribution < 1.29 is 4.39 Å². The number of hydrogen-bond donors (Lipinski definition) is 2. The minimum atomic E-state index is -0.546. The number of aromatic nitrogens is 2. The molecule has 4 rings (SSSR count). The van der Waals surface area contributed by atoms with Gasteiger partial charge in [0.2, 0.25) is 0 Å². The molecule has 0 unspecified atom stereocenters. The number of benzene rings is 2. The Kier molecular flexibility index (Phi) is 6.99. The van der Waals surface area contributed by atoms with E-state index < -0.39 is 5.82 Å². The lowest BCUT2D eigenvalue weighted by Gasteiger charge is -2.13. The topological polar surface area (TPSA) is 111 Å². The van der Waals surface area contributed by atoms with Crippen molar-refractivity contribution in [3.05, 3.63) is 81.1 Å². The van der Waals surface area contributed by atoms with Gasteiger partial charge in [0.1, 0.15) is 28.5 Å². The highest BCUT2D eigenvalue weighted by Crippen LogP contribution is 2.37. The Bertz CT molecular complexity index is 1450. The van der Waals surface area contributed by atoms with Crippen molar-refractivity contribution in [2.45, 2.75) is 17.7 Å². The third-order valence-corrected chi connectivity index (χ3v) is 6.96. The number of nitriles is 2. The van der Waals surface area contributed by atoms with E-state index in [4.69, 9.17) is 17.3 Å². The van der Waals surface area contributed by atoms with Crippen molar-refractivity contribution in [3.63, 3.8) is 0 Å². The summed E-state index contributed by atoms with van der Waals surface area (Å²) in [7, 11) is 0. The Labute approximate surface area is 208 Å². The molecule has 0 spiro atoms. The first-order valence-corrected chi connectivity index (χ1v) is 12.1. The molecule has 10 heteroatoms. The summed E-state index contributed by atoms with van der Waals surface area (Å²) in [5, 5.41) is 25.3. The van der Waals surface area contributed by atoms with E-state index in [1.165, 1.54) is 29.2 Å². The van der Waals surface area contributed by atoms with E-state index >= 15 is 0 Å². The van der Waals surface area contributed by atoms with Gasteiger partial charge >= 0.3 is 0 Å². The van der Waals surface area contributed by atoms with Gasteiger partial charge in [-0.25, -0.2) is 14.4 Å². The number of anilines is 3. The number of aryl methyl sites for hydroxylation is 1. The molecule has 3 N–H and O–H groups in total. The van der Waals surface area contributed by atoms with E-state index in [1.54, 1.807) is 12.1 Å². The maximum atomic E-state index is 14.2. The zero-order valence-electron chi connectivity index (χ0n) is 17.8. The molecule has 0 bridgehead atoms. The average molecular weight is 507 g/mol. The molecule has 0 saturated heterocycles. The van der Waals surface area contributed by atoms with Crippen molar-refractivity contribution in [1.82, 2.24) is 9.97 Å². The minimum Gasteiger partial charge on any atom is -0.383 e. The minimum absolute atomic E-state index is 0.0234. The van der Waals surface area contributed by atoms with Crippen LogP contribution in [-0.2, 0) is 5.75 Å². The van der Waals surface area contributed by atoms with Gasteiger partial charge in [-0.3, -0.25) is 0 Å². The maximum Gasteiger partial charge on any atom is 0.187 e. The number of thiazole rings is 1. The summed E-state index contributed by atoms with van der Waals surface area (Å²) in [5.41, 5.74) is 9.74. The van der Waals surface area contributed by atoms with Crippen LogP contribution in [0, 0.1) is 35.4 Å². The lowest BCUT2D eigenvalue weighted by Crippen LogP contribution is -2.03. The van der Waals surface area contributed by atoms with Gasteiger partial charge in [0.05, 0.1) is 22.0 Å². The van der Waals surface area contributed by atoms with Crippen molar-refractivity contribution in [1.29, 1.82) is 10.5 Å². The Morgan fingerprint density at radius 1 is 1.12 bits per heavy atom. The van der Waals surface area contributed by atoms with Gasteiger partial charge in [-0.1, -0.05) is 59.3 Å². The van der Waals surface area contributed by atoms with Crippen molar-refractivity contribution in [3.8, 4) is 23.3 Å². The van der Waals surface area contributed by atoms with Crippen molar-refractivity contribution in [2.75, 3.05) is 11.1 Å². The molecule has 6 nitrogen and oxygen atoms in total. The van der Waals surface area contributed by atoms with E-state index in [0.29, 0.717) is 27.2 Å². The van der Waals surface area contributed by atoms with E-state index in [0.717, 1.165) is 11.1 Å². The zero-order valence-corrected chi connectivity index (χ0v) is 20.2. The molecular formula is C24H16ClFN6S2. The molecule has 2 heterocycles. The molecule has 2 aromatic heterocycles. The summed E-state index contributed by atoms with van der Waals surface area (Å²) < 4.78 is 14.2. The van der Waals surface area contributed by atoms with E-state index in [1.807, 2.05) is 36.6 Å². The molecule has 0 amide bonds. The standard InChI is InChI=1S/C24H16ClFN6S2/c1-13-5-7-14(8-6-13)20-16(9-27)22(29)32-23(17(20)10-28)33-11-15-12-34-24(30-15)31-19-4-2-3-18(25)21(19)26/h2-8,12H,11H2,1H3,(H2,29,32)(H,30,31). The molecule has 2 aromatic carbocycles. The smallest absolute Gasteiger partial charge is 0.187 e. The van der Waals surface area contributed by atoms with Crippen LogP contribution in [0.1, 0.15) is 22.4 Å². The van der Waals surface area contributed by atoms with Crippen molar-refractivity contribution >= 4 is 51.3 Å². The highest BCUT2D eigenvalue weighted by Gasteiger charge is 2.21. The first-order valence-electron chi connectivity index (χ1n) is 9.90. The highest BCUT2D eigenvalue weighted by molar-refractivity contribution is 7.98. The number of halogens is 2. The Balaban J connectivity index is 1.61. The summed E-state index contributed by atoms with van der Waals surface area (Å²) in [4.78, 5) is 8.80. The summed E-state index contributed by atoms with van der Waals surface area (Å²) >= 11 is 8.44. The predicted octanol–water partition coefficient (Wildman–Crippen LogP) is 6.67. The van der Waals surface area contributed by atoms with E-state index in [9.17, 15) is 14.9 Å². The molecule has 0 aliphatic heterocycles. The van der Waals surface area contributed by atoms with Gasteiger partial charge in [0.15, 0.2) is 10.9 Å². The van der Waals surface area contributed by atoms with Gasteiger partial charge in [-0.15, -0.1) is 11.3 Å². The molecule has 4 aromatic rings. The molecule has 0 saturated carbocycles. The quantitative estimate of drug-likeness (QED) is 0.281. The van der Waals surface area contributed by atoms with Crippen LogP contribution >= 0.6 is 34.7 Å². The number of rotatable bonds is 6. The van der Waals surface area contributed by atoms with Gasteiger partial charge in [-0.05, 0) is 24.6 Å². The summed E-state index contributed by atoms with van der Waals surface area (Å²) in [6.07, 6.45) is 0. The third kappa shape index (κ3) is 4.82. The second-order valence-corrected chi connectivity index (χ2v) is 9.41. The number of nitrogens with two attached hydrogens (primary N) is 1. The fourth-order valence-corrected chi connectivity index (χ4v) is 5.09. The third-order valence-electron chi connectivity index (χ3n) is 4.86. The molecule has 0 radical (unpaired) electrons. The fraction of sp³-hybridized carbons (Fsp3) is 0.0833. The molecule has 0 aliphatic carbocycles. The highest BCUT2D eigenvalue weighted by atomic mass is 35.5. The number of nitrogens with one attached hydrogen (secondary N) is 1. The second kappa shape index (κ2) is 10.1. The number of nitrogens with zero attached hydrogens (tertiary/aromatic N) is 4. The van der Waals surface area contributed by atoms with Gasteiger partial charge in [0, 0.05) is 16.7 Å². The van der Waals surface area contributed by atoms with Crippen LogP contribution in [0.3, 0.4) is 0 Å². The Hall–Kier alpha value is -3.63. The van der Waals surface area contributed by atoms with Crippen LogP contribution in [-0.4, -0.2) is 9.97 Å². The lowest BCUT2D eigenvalue weighted by molar-refractivity contribution is 0.632. The van der Waals surface area contributed by atoms with Crippen molar-refractivity contribution in [2.24, 2.45) is 0 Å². The van der Waals surface area contributed by atoms with Crippen LogP contribution in [0.4, 0.5) is 21.0 Å². The number of pyridine rings is 1. The fourth-order valence-electron chi connectivity index (χ4n) is 3.20. The van der Waals surface area contributed by atoms with Crippen LogP contribution in [0.5, 0.6) is 0 Å². The first-order chi connectivity index (χ1) is 16.4. The van der Waals surface area contributed by atoms with E-state index in [2.05, 4.69) is 27.4 Å². The molecule has 0 atom stereocenters. The second-order valence-electron chi connectivity index (χ2n) is 7.18. The number of thioether (sulfide) groups is 1. The maximum absolute atomic E-state index is 14.2.